The van der Waals surface area contributed by atoms with Crippen molar-refractivity contribution in [3.63, 3.8) is 0 Å². The molecule has 16 nitrogen and oxygen atoms in total. The maximum Gasteiger partial charge on any atom is 0.410 e. The van der Waals surface area contributed by atoms with Crippen LogP contribution < -0.4 is 21.3 Å². The number of amides is 8. The maximum atomic E-state index is 14.8. The number of Topliss-reactive ketones (excluding diaryl/α,β-unsaturated/α-hetero) is 1. The molecule has 1 unspecified atom stereocenters. The molecule has 3 heterocycles. The quantitative estimate of drug-likeness (QED) is 0.169. The van der Waals surface area contributed by atoms with Crippen LogP contribution in [0.3, 0.4) is 0 Å². The summed E-state index contributed by atoms with van der Waals surface area (Å²) in [7, 11) is 0. The third-order valence-corrected chi connectivity index (χ3v) is 11.8. The molecule has 4 aliphatic rings. The van der Waals surface area contributed by atoms with Crippen molar-refractivity contribution in [3.8, 4) is 0 Å². The van der Waals surface area contributed by atoms with Crippen molar-refractivity contribution < 1.29 is 43.1 Å². The van der Waals surface area contributed by atoms with Crippen molar-refractivity contribution in [1.82, 2.24) is 36.0 Å². The van der Waals surface area contributed by atoms with Gasteiger partial charge in [0.2, 0.25) is 29.4 Å². The summed E-state index contributed by atoms with van der Waals surface area (Å²) in [5, 5.41) is 11.1. The molecule has 3 fully saturated rings. The molecular formula is C44H65N7O9. The summed E-state index contributed by atoms with van der Waals surface area (Å²) in [6, 6.07) is 2.79. The number of carbonyl (C=O) groups excluding carboxylic acids is 8. The Labute approximate surface area is 353 Å². The second-order valence-corrected chi connectivity index (χ2v) is 19.9. The summed E-state index contributed by atoms with van der Waals surface area (Å²) in [4.78, 5) is 113. The lowest BCUT2D eigenvalue weighted by Gasteiger charge is -2.40. The fourth-order valence-corrected chi connectivity index (χ4v) is 7.99. The number of urea groups is 1. The molecule has 0 spiro atoms. The molecule has 1 aromatic rings. The number of likely N-dealkylation sites (tertiary alicyclic amines) is 2. The van der Waals surface area contributed by atoms with Crippen LogP contribution in [0.5, 0.6) is 0 Å². The first-order valence-corrected chi connectivity index (χ1v) is 21.4. The topological polar surface area (TPSA) is 204 Å². The van der Waals surface area contributed by atoms with Crippen LogP contribution in [-0.4, -0.2) is 118 Å². The Morgan fingerprint density at radius 1 is 0.883 bits per heavy atom. The highest BCUT2D eigenvalue weighted by molar-refractivity contribution is 6.38. The van der Waals surface area contributed by atoms with Gasteiger partial charge in [-0.3, -0.25) is 33.7 Å². The lowest BCUT2D eigenvalue weighted by molar-refractivity contribution is -0.153. The number of hydrogen-bond acceptors (Lipinski definition) is 9. The molecular weight excluding hydrogens is 771 g/mol. The van der Waals surface area contributed by atoms with Crippen molar-refractivity contribution in [3.05, 3.63) is 35.4 Å². The number of hydrogen-bond donors (Lipinski definition) is 4. The number of piperidine rings is 1. The van der Waals surface area contributed by atoms with Crippen molar-refractivity contribution in [2.75, 3.05) is 19.6 Å². The average Bonchev–Trinajstić information content (AvgIpc) is 3.87. The van der Waals surface area contributed by atoms with E-state index < -0.39 is 82.1 Å². The van der Waals surface area contributed by atoms with Gasteiger partial charge in [-0.2, -0.15) is 0 Å². The van der Waals surface area contributed by atoms with Gasteiger partial charge in [0.25, 0.3) is 5.91 Å². The molecule has 5 rings (SSSR count). The maximum absolute atomic E-state index is 14.8. The van der Waals surface area contributed by atoms with Crippen LogP contribution in [0.2, 0.25) is 0 Å². The van der Waals surface area contributed by atoms with Gasteiger partial charge < -0.3 is 35.8 Å². The summed E-state index contributed by atoms with van der Waals surface area (Å²) in [6.07, 6.45) is 1.67. The highest BCUT2D eigenvalue weighted by Crippen LogP contribution is 2.33. The Morgan fingerprint density at radius 2 is 1.52 bits per heavy atom. The largest absolute Gasteiger partial charge is 0.444 e. The van der Waals surface area contributed by atoms with Crippen molar-refractivity contribution >= 4 is 47.4 Å². The second-order valence-electron chi connectivity index (χ2n) is 19.9. The van der Waals surface area contributed by atoms with Crippen LogP contribution in [0.4, 0.5) is 9.59 Å². The van der Waals surface area contributed by atoms with Gasteiger partial charge in [0.1, 0.15) is 18.2 Å². The Hall–Kier alpha value is -5.02. The first-order valence-electron chi connectivity index (χ1n) is 21.4. The molecule has 0 radical (unpaired) electrons. The average molecular weight is 836 g/mol. The molecule has 3 aliphatic heterocycles. The highest BCUT2D eigenvalue weighted by atomic mass is 16.6. The monoisotopic (exact) mass is 835 g/mol. The summed E-state index contributed by atoms with van der Waals surface area (Å²) >= 11 is 0. The fraction of sp³-hybridized carbons (Fsp3) is 0.682. The van der Waals surface area contributed by atoms with Gasteiger partial charge in [-0.25, -0.2) is 9.59 Å². The van der Waals surface area contributed by atoms with Crippen LogP contribution in [0.15, 0.2) is 24.3 Å². The van der Waals surface area contributed by atoms with Crippen LogP contribution in [0, 0.1) is 16.2 Å². The van der Waals surface area contributed by atoms with Crippen molar-refractivity contribution in [1.29, 1.82) is 0 Å². The van der Waals surface area contributed by atoms with E-state index in [2.05, 4.69) is 21.3 Å². The molecule has 60 heavy (non-hydrogen) atoms. The fourth-order valence-electron chi connectivity index (χ4n) is 7.99. The van der Waals surface area contributed by atoms with Crippen LogP contribution in [0.1, 0.15) is 118 Å². The van der Waals surface area contributed by atoms with Gasteiger partial charge in [-0.1, -0.05) is 93.0 Å². The highest BCUT2D eigenvalue weighted by Gasteiger charge is 2.48. The summed E-state index contributed by atoms with van der Waals surface area (Å²) in [5.74, 6) is -3.51. The molecule has 0 bridgehead atoms. The van der Waals surface area contributed by atoms with E-state index in [1.807, 2.05) is 65.8 Å². The van der Waals surface area contributed by atoms with E-state index in [1.165, 1.54) is 9.80 Å². The SMILES string of the molecule is CCCC(NC(=O)[C@@H]1C[C@@H](OC(=O)N2CCc3ccccc3C2)CN1C(=O)[C@@H](NC(=O)N[C@H](CN1C(=O)CC(C)(C)CC1=O)C(C)(C)C)C(C)(C)C)C(=O)C(=O)NC1CC1. The Bertz CT molecular complexity index is 1830. The zero-order valence-corrected chi connectivity index (χ0v) is 36.8. The van der Waals surface area contributed by atoms with Gasteiger partial charge in [0.05, 0.1) is 18.6 Å². The minimum Gasteiger partial charge on any atom is -0.444 e. The van der Waals surface area contributed by atoms with E-state index >= 15 is 0 Å². The first kappa shape index (κ1) is 46.1. The van der Waals surface area contributed by atoms with E-state index in [4.69, 9.17) is 4.74 Å². The predicted molar refractivity (Wildman–Crippen MR) is 222 cm³/mol. The van der Waals surface area contributed by atoms with E-state index in [-0.39, 0.29) is 56.6 Å². The van der Waals surface area contributed by atoms with Crippen molar-refractivity contribution in [2.24, 2.45) is 16.2 Å². The first-order chi connectivity index (χ1) is 28.0. The number of imide groups is 1. The number of fused-ring (bicyclic) bond motifs is 1. The zero-order chi connectivity index (χ0) is 44.3. The third kappa shape index (κ3) is 11.6. The lowest BCUT2D eigenvalue weighted by atomic mass is 9.80. The molecule has 2 saturated heterocycles. The van der Waals surface area contributed by atoms with Gasteiger partial charge >= 0.3 is 12.1 Å². The van der Waals surface area contributed by atoms with Gasteiger partial charge in [-0.05, 0) is 53.1 Å². The van der Waals surface area contributed by atoms with E-state index in [1.54, 1.807) is 25.7 Å². The van der Waals surface area contributed by atoms with Crippen LogP contribution in [-0.2, 0) is 46.5 Å². The molecule has 16 heteroatoms. The Balaban J connectivity index is 1.35. The number of rotatable bonds is 13. The van der Waals surface area contributed by atoms with Crippen LogP contribution >= 0.6 is 0 Å². The molecule has 5 atom stereocenters. The van der Waals surface area contributed by atoms with E-state index in [0.717, 1.165) is 24.0 Å². The lowest BCUT2D eigenvalue weighted by Crippen LogP contribution is -2.62. The van der Waals surface area contributed by atoms with Crippen LogP contribution in [0.25, 0.3) is 0 Å². The number of ether oxygens (including phenoxy) is 1. The molecule has 1 saturated carbocycles. The molecule has 4 N–H and O–H groups in total. The van der Waals surface area contributed by atoms with E-state index in [0.29, 0.717) is 25.9 Å². The minimum absolute atomic E-state index is 0.0564. The van der Waals surface area contributed by atoms with E-state index in [9.17, 15) is 38.4 Å². The summed E-state index contributed by atoms with van der Waals surface area (Å²) in [5.41, 5.74) is 0.164. The second kappa shape index (κ2) is 18.3. The molecule has 1 aromatic carbocycles. The van der Waals surface area contributed by atoms with Gasteiger partial charge in [0, 0.05) is 44.9 Å². The number of benzene rings is 1. The summed E-state index contributed by atoms with van der Waals surface area (Å²) in [6.45, 7) is 17.0. The summed E-state index contributed by atoms with van der Waals surface area (Å²) < 4.78 is 5.98. The molecule has 330 valence electrons. The molecule has 1 aliphatic carbocycles. The standard InChI is InChI=1S/C44H65N7O9/c1-10-13-30(35(54)38(56)45-28-16-17-28)46-37(55)31-20-29(60-41(59)49-19-18-26-14-11-12-15-27(26)23-49)24-50(31)39(57)36(43(5,6)7)48-40(58)47-32(42(2,3)4)25-51-33(52)21-44(8,9)22-34(51)53/h11-12,14-15,28-32,36H,10,13,16-25H2,1-9H3,(H,45,56)(H,46,55)(H2,47,48,58)/t29-,30?,31+,32-,36-/m1/s1. The Morgan fingerprint density at radius 3 is 2.10 bits per heavy atom. The number of nitrogens with one attached hydrogen (secondary N) is 4. The van der Waals surface area contributed by atoms with Gasteiger partial charge in [0.15, 0.2) is 0 Å². The number of carbonyl (C=O) groups is 8. The Kier molecular flexibility index (Phi) is 14.0. The molecule has 8 amide bonds. The number of ketones is 1. The minimum atomic E-state index is -1.21. The number of nitrogens with zero attached hydrogens (tertiary/aromatic N) is 3. The van der Waals surface area contributed by atoms with Gasteiger partial charge in [-0.15, -0.1) is 0 Å². The normalized spacial score (nSPS) is 21.9. The zero-order valence-electron chi connectivity index (χ0n) is 36.8. The predicted octanol–water partition coefficient (Wildman–Crippen LogP) is 3.59. The third-order valence-electron chi connectivity index (χ3n) is 11.8. The smallest absolute Gasteiger partial charge is 0.410 e. The van der Waals surface area contributed by atoms with Crippen molar-refractivity contribution in [2.45, 2.75) is 157 Å². The molecule has 0 aromatic heterocycles.